The Bertz CT molecular complexity index is 903. The van der Waals surface area contributed by atoms with Gasteiger partial charge in [-0.2, -0.15) is 0 Å². The molecule has 1 N–H and O–H groups in total. The second-order valence-corrected chi connectivity index (χ2v) is 10.2. The van der Waals surface area contributed by atoms with Gasteiger partial charge in [0.25, 0.3) is 5.91 Å². The fourth-order valence-electron chi connectivity index (χ4n) is 6.87. The van der Waals surface area contributed by atoms with Crippen molar-refractivity contribution in [2.45, 2.75) is 82.8 Å². The van der Waals surface area contributed by atoms with Crippen LogP contribution in [0, 0.1) is 19.8 Å². The van der Waals surface area contributed by atoms with Crippen molar-refractivity contribution in [3.63, 3.8) is 0 Å². The minimum Gasteiger partial charge on any atom is -0.343 e. The van der Waals surface area contributed by atoms with Gasteiger partial charge in [0.05, 0.1) is 6.04 Å². The molecule has 2 aromatic rings. The molecule has 3 fully saturated rings. The van der Waals surface area contributed by atoms with E-state index >= 15 is 0 Å². The molecule has 2 aliphatic heterocycles. The Kier molecular flexibility index (Phi) is 5.64. The summed E-state index contributed by atoms with van der Waals surface area (Å²) in [5.74, 6) is 0.916. The van der Waals surface area contributed by atoms with Crippen LogP contribution in [-0.4, -0.2) is 28.9 Å². The highest BCUT2D eigenvalue weighted by Gasteiger charge is 2.56. The van der Waals surface area contributed by atoms with E-state index in [1.807, 2.05) is 32.0 Å². The second-order valence-electron chi connectivity index (χ2n) is 10.2. The minimum atomic E-state index is 0.0362. The Labute approximate surface area is 187 Å². The van der Waals surface area contributed by atoms with E-state index in [1.54, 1.807) is 0 Å². The maximum Gasteiger partial charge on any atom is 0.252 e. The number of hydrogen-bond donors (Lipinski definition) is 1. The van der Waals surface area contributed by atoms with Crippen molar-refractivity contribution < 1.29 is 4.79 Å². The van der Waals surface area contributed by atoms with Gasteiger partial charge in [0.1, 0.15) is 0 Å². The molecule has 0 radical (unpaired) electrons. The van der Waals surface area contributed by atoms with Crippen LogP contribution in [0.4, 0.5) is 0 Å². The van der Waals surface area contributed by atoms with E-state index in [-0.39, 0.29) is 17.5 Å². The molecule has 1 aliphatic carbocycles. The summed E-state index contributed by atoms with van der Waals surface area (Å²) >= 11 is 0. The fourth-order valence-corrected chi connectivity index (χ4v) is 6.87. The molecule has 3 heteroatoms. The van der Waals surface area contributed by atoms with Crippen LogP contribution in [0.15, 0.2) is 48.5 Å². The average Bonchev–Trinajstić information content (AvgIpc) is 3.50. The number of rotatable bonds is 6. The van der Waals surface area contributed by atoms with Crippen LogP contribution in [-0.2, 0) is 0 Å². The van der Waals surface area contributed by atoms with Crippen LogP contribution in [0.25, 0.3) is 0 Å². The van der Waals surface area contributed by atoms with Crippen LogP contribution >= 0.6 is 0 Å². The normalized spacial score (nSPS) is 27.0. The molecule has 164 valence electrons. The molecule has 0 unspecified atom stereocenters. The van der Waals surface area contributed by atoms with Crippen molar-refractivity contribution in [1.82, 2.24) is 10.2 Å². The molecule has 3 aliphatic rings. The Morgan fingerprint density at radius 3 is 2.26 bits per heavy atom. The van der Waals surface area contributed by atoms with Gasteiger partial charge in [-0.1, -0.05) is 61.4 Å². The summed E-state index contributed by atoms with van der Waals surface area (Å²) in [5.41, 5.74) is 4.26. The predicted molar refractivity (Wildman–Crippen MR) is 126 cm³/mol. The molecular weight excluding hydrogens is 380 g/mol. The number of amides is 1. The first-order valence-electron chi connectivity index (χ1n) is 12.3. The lowest BCUT2D eigenvalue weighted by atomic mass is 9.78. The zero-order chi connectivity index (χ0) is 21.4. The highest BCUT2D eigenvalue weighted by Crippen LogP contribution is 2.53. The third-order valence-corrected chi connectivity index (χ3v) is 8.42. The number of carbonyl (C=O) groups is 1. The largest absolute Gasteiger partial charge is 0.343 e. The Balaban J connectivity index is 1.50. The first-order valence-corrected chi connectivity index (χ1v) is 12.3. The number of fused-ring (bicyclic) bond motifs is 2. The van der Waals surface area contributed by atoms with Gasteiger partial charge in [0.15, 0.2) is 0 Å². The van der Waals surface area contributed by atoms with E-state index < -0.39 is 0 Å². The minimum absolute atomic E-state index is 0.0362. The lowest BCUT2D eigenvalue weighted by Gasteiger charge is -2.43. The molecule has 2 heterocycles. The maximum absolute atomic E-state index is 13.6. The van der Waals surface area contributed by atoms with Crippen LogP contribution in [0.2, 0.25) is 0 Å². The lowest BCUT2D eigenvalue weighted by molar-refractivity contribution is 0.0724. The van der Waals surface area contributed by atoms with Gasteiger partial charge >= 0.3 is 0 Å². The zero-order valence-corrected chi connectivity index (χ0v) is 19.1. The third-order valence-electron chi connectivity index (χ3n) is 8.42. The van der Waals surface area contributed by atoms with E-state index in [2.05, 4.69) is 40.5 Å². The molecule has 1 atom stereocenters. The zero-order valence-electron chi connectivity index (χ0n) is 19.1. The van der Waals surface area contributed by atoms with Crippen molar-refractivity contribution in [2.24, 2.45) is 5.92 Å². The summed E-state index contributed by atoms with van der Waals surface area (Å²) in [6, 6.07) is 17.6. The predicted octanol–water partition coefficient (Wildman–Crippen LogP) is 5.96. The van der Waals surface area contributed by atoms with Gasteiger partial charge in [0, 0.05) is 23.7 Å². The van der Waals surface area contributed by atoms with Crippen LogP contribution in [0.1, 0.15) is 84.5 Å². The summed E-state index contributed by atoms with van der Waals surface area (Å²) < 4.78 is 0. The fraction of sp³-hybridized carbons (Fsp3) is 0.536. The standard InChI is InChI=1S/C28H36N2O/c1-20-9-8-10-21(2)25(20)27(31)29-26(23-13-4-3-5-14-23)28-17-15-24(16-18-28)30(28)19-22-11-6-7-12-22/h3-5,8-10,13-14,22,24,26H,6-7,11-12,15-19H2,1-2H3,(H,29,31)/t24?,26-,28?/m1/s1. The van der Waals surface area contributed by atoms with E-state index in [0.29, 0.717) is 6.04 Å². The first kappa shape index (κ1) is 20.8. The quantitative estimate of drug-likeness (QED) is 0.630. The smallest absolute Gasteiger partial charge is 0.252 e. The maximum atomic E-state index is 13.6. The molecule has 3 nitrogen and oxygen atoms in total. The molecule has 0 aromatic heterocycles. The van der Waals surface area contributed by atoms with Gasteiger partial charge in [-0.25, -0.2) is 0 Å². The monoisotopic (exact) mass is 416 g/mol. The van der Waals surface area contributed by atoms with Gasteiger partial charge in [-0.3, -0.25) is 9.69 Å². The van der Waals surface area contributed by atoms with Crippen molar-refractivity contribution >= 4 is 5.91 Å². The summed E-state index contributed by atoms with van der Waals surface area (Å²) in [6.07, 6.45) is 10.5. The number of carbonyl (C=O) groups excluding carboxylic acids is 1. The molecule has 2 aromatic carbocycles. The molecule has 31 heavy (non-hydrogen) atoms. The number of benzene rings is 2. The van der Waals surface area contributed by atoms with Crippen molar-refractivity contribution in [1.29, 1.82) is 0 Å². The van der Waals surface area contributed by atoms with Gasteiger partial charge in [-0.15, -0.1) is 0 Å². The molecule has 0 spiro atoms. The number of aryl methyl sites for hydroxylation is 2. The molecule has 2 saturated heterocycles. The SMILES string of the molecule is Cc1cccc(C)c1C(=O)N[C@H](c1ccccc1)C12CCC(CC1)N2CC1CCCC1. The highest BCUT2D eigenvalue weighted by atomic mass is 16.1. The van der Waals surface area contributed by atoms with Gasteiger partial charge in [-0.05, 0) is 75.0 Å². The molecule has 1 amide bonds. The third kappa shape index (κ3) is 3.71. The average molecular weight is 417 g/mol. The molecule has 1 saturated carbocycles. The van der Waals surface area contributed by atoms with Crippen LogP contribution in [0.5, 0.6) is 0 Å². The Morgan fingerprint density at radius 2 is 1.61 bits per heavy atom. The van der Waals surface area contributed by atoms with Crippen molar-refractivity contribution in [2.75, 3.05) is 6.54 Å². The van der Waals surface area contributed by atoms with E-state index in [9.17, 15) is 4.79 Å². The van der Waals surface area contributed by atoms with E-state index in [4.69, 9.17) is 0 Å². The van der Waals surface area contributed by atoms with Crippen LogP contribution in [0.3, 0.4) is 0 Å². The number of nitrogens with zero attached hydrogens (tertiary/aromatic N) is 1. The Morgan fingerprint density at radius 1 is 0.968 bits per heavy atom. The van der Waals surface area contributed by atoms with Crippen molar-refractivity contribution in [3.8, 4) is 0 Å². The summed E-state index contributed by atoms with van der Waals surface area (Å²) in [5, 5.41) is 3.57. The topological polar surface area (TPSA) is 32.3 Å². The van der Waals surface area contributed by atoms with Crippen molar-refractivity contribution in [3.05, 3.63) is 70.8 Å². The van der Waals surface area contributed by atoms with Gasteiger partial charge < -0.3 is 5.32 Å². The number of nitrogens with one attached hydrogen (secondary N) is 1. The van der Waals surface area contributed by atoms with Gasteiger partial charge in [0.2, 0.25) is 0 Å². The Hall–Kier alpha value is -2.13. The molecule has 5 rings (SSSR count). The first-order chi connectivity index (χ1) is 15.1. The highest BCUT2D eigenvalue weighted by molar-refractivity contribution is 5.97. The number of hydrogen-bond acceptors (Lipinski definition) is 2. The molecule has 2 bridgehead atoms. The van der Waals surface area contributed by atoms with Crippen LogP contribution < -0.4 is 5.32 Å². The van der Waals surface area contributed by atoms with E-state index in [1.165, 1.54) is 63.5 Å². The van der Waals surface area contributed by atoms with E-state index in [0.717, 1.165) is 22.6 Å². The lowest BCUT2D eigenvalue weighted by Crippen LogP contribution is -2.53. The summed E-state index contributed by atoms with van der Waals surface area (Å²) in [6.45, 7) is 5.31. The summed E-state index contributed by atoms with van der Waals surface area (Å²) in [4.78, 5) is 16.5. The second kappa shape index (κ2) is 8.43. The summed E-state index contributed by atoms with van der Waals surface area (Å²) in [7, 11) is 0. The molecular formula is C28H36N2O.